The Morgan fingerprint density at radius 2 is 1.65 bits per heavy atom. The molecule has 0 aliphatic heterocycles. The van der Waals surface area contributed by atoms with Crippen molar-refractivity contribution in [2.45, 2.75) is 39.2 Å². The van der Waals surface area contributed by atoms with Crippen LogP contribution in [0.25, 0.3) is 11.1 Å². The number of rotatable bonds is 10. The average Bonchev–Trinajstić information content (AvgIpc) is 2.76. The van der Waals surface area contributed by atoms with Crippen molar-refractivity contribution in [2.75, 3.05) is 6.61 Å². The van der Waals surface area contributed by atoms with E-state index < -0.39 is 5.97 Å². The molecule has 4 nitrogen and oxygen atoms in total. The zero-order valence-electron chi connectivity index (χ0n) is 17.8. The van der Waals surface area contributed by atoms with Crippen LogP contribution in [0.3, 0.4) is 0 Å². The fourth-order valence-corrected chi connectivity index (χ4v) is 3.50. The number of hydrogen-bond donors (Lipinski definition) is 1. The topological polar surface area (TPSA) is 55.8 Å². The lowest BCUT2D eigenvalue weighted by Crippen LogP contribution is -2.10. The van der Waals surface area contributed by atoms with E-state index in [1.807, 2.05) is 43.3 Å². The Balaban J connectivity index is 1.76. The number of carboxylic acids is 1. The van der Waals surface area contributed by atoms with E-state index in [4.69, 9.17) is 26.2 Å². The summed E-state index contributed by atoms with van der Waals surface area (Å²) >= 11 is 5.99. The fourth-order valence-electron chi connectivity index (χ4n) is 3.38. The number of aryl methyl sites for hydroxylation is 1. The molecular formula is C26H27ClO4. The molecule has 5 heteroatoms. The van der Waals surface area contributed by atoms with Gasteiger partial charge in [-0.1, -0.05) is 61.3 Å². The van der Waals surface area contributed by atoms with E-state index in [0.717, 1.165) is 52.3 Å². The molecule has 1 unspecified atom stereocenters. The first-order valence-electron chi connectivity index (χ1n) is 10.4. The second kappa shape index (κ2) is 10.9. The molecule has 0 saturated carbocycles. The summed E-state index contributed by atoms with van der Waals surface area (Å²) in [6.07, 6.45) is 2.99. The molecule has 1 N–H and O–H groups in total. The van der Waals surface area contributed by atoms with Crippen molar-refractivity contribution >= 4 is 17.6 Å². The van der Waals surface area contributed by atoms with Crippen molar-refractivity contribution in [3.63, 3.8) is 0 Å². The van der Waals surface area contributed by atoms with Crippen LogP contribution in [0.4, 0.5) is 0 Å². The van der Waals surface area contributed by atoms with E-state index in [1.54, 1.807) is 6.07 Å². The summed E-state index contributed by atoms with van der Waals surface area (Å²) < 4.78 is 11.6. The number of carboxylic acid groups (broad SMARTS) is 1. The molecule has 1 atom stereocenters. The molecule has 0 heterocycles. The predicted octanol–water partition coefficient (Wildman–Crippen LogP) is 7.09. The Bertz CT molecular complexity index is 997. The number of aliphatic carboxylic acids is 1. The fraction of sp³-hybridized carbons (Fsp3) is 0.269. The van der Waals surface area contributed by atoms with Crippen LogP contribution in [0, 0.1) is 6.92 Å². The van der Waals surface area contributed by atoms with Crippen molar-refractivity contribution in [1.82, 2.24) is 0 Å². The number of halogens is 1. The summed E-state index contributed by atoms with van der Waals surface area (Å²) in [4.78, 5) is 10.7. The summed E-state index contributed by atoms with van der Waals surface area (Å²) in [6, 6.07) is 21.7. The lowest BCUT2D eigenvalue weighted by Gasteiger charge is -2.21. The van der Waals surface area contributed by atoms with Gasteiger partial charge in [0.15, 0.2) is 6.61 Å². The van der Waals surface area contributed by atoms with Crippen LogP contribution in [0.15, 0.2) is 66.7 Å². The zero-order chi connectivity index (χ0) is 22.2. The van der Waals surface area contributed by atoms with E-state index in [2.05, 4.69) is 31.2 Å². The molecule has 0 spiro atoms. The first-order chi connectivity index (χ1) is 15.0. The van der Waals surface area contributed by atoms with Crippen molar-refractivity contribution in [1.29, 1.82) is 0 Å². The number of hydrogen-bond acceptors (Lipinski definition) is 3. The zero-order valence-corrected chi connectivity index (χ0v) is 18.6. The lowest BCUT2D eigenvalue weighted by atomic mass is 9.99. The van der Waals surface area contributed by atoms with Crippen molar-refractivity contribution in [3.05, 3.63) is 82.9 Å². The maximum atomic E-state index is 10.7. The van der Waals surface area contributed by atoms with Crippen molar-refractivity contribution in [3.8, 4) is 22.6 Å². The second-order valence-corrected chi connectivity index (χ2v) is 7.92. The molecule has 3 aromatic carbocycles. The number of ether oxygens (including phenoxy) is 2. The predicted molar refractivity (Wildman–Crippen MR) is 124 cm³/mol. The van der Waals surface area contributed by atoms with Gasteiger partial charge in [0.2, 0.25) is 0 Å². The minimum atomic E-state index is -0.999. The van der Waals surface area contributed by atoms with Crippen LogP contribution in [0.2, 0.25) is 5.02 Å². The van der Waals surface area contributed by atoms with Gasteiger partial charge in [-0.3, -0.25) is 0 Å². The Labute approximate surface area is 188 Å². The third-order valence-corrected chi connectivity index (χ3v) is 5.31. The summed E-state index contributed by atoms with van der Waals surface area (Å²) in [5.74, 6) is 0.289. The minimum Gasteiger partial charge on any atom is -0.486 e. The van der Waals surface area contributed by atoms with Gasteiger partial charge in [0, 0.05) is 5.02 Å². The second-order valence-electron chi connectivity index (χ2n) is 7.49. The molecule has 3 rings (SSSR count). The van der Waals surface area contributed by atoms with Gasteiger partial charge in [0.05, 0.1) is 0 Å². The van der Waals surface area contributed by atoms with Gasteiger partial charge in [0.25, 0.3) is 0 Å². The smallest absolute Gasteiger partial charge is 0.341 e. The average molecular weight is 439 g/mol. The summed E-state index contributed by atoms with van der Waals surface area (Å²) in [5.41, 5.74) is 4.21. The number of benzene rings is 3. The highest BCUT2D eigenvalue weighted by molar-refractivity contribution is 6.30. The normalized spacial score (nSPS) is 11.7. The highest BCUT2D eigenvalue weighted by Gasteiger charge is 2.15. The molecule has 0 aliphatic rings. The Morgan fingerprint density at radius 1 is 1.00 bits per heavy atom. The van der Waals surface area contributed by atoms with E-state index in [9.17, 15) is 4.79 Å². The van der Waals surface area contributed by atoms with Crippen molar-refractivity contribution < 1.29 is 19.4 Å². The largest absolute Gasteiger partial charge is 0.486 e. The van der Waals surface area contributed by atoms with Gasteiger partial charge in [0.1, 0.15) is 17.6 Å². The highest BCUT2D eigenvalue weighted by atomic mass is 35.5. The van der Waals surface area contributed by atoms with Gasteiger partial charge < -0.3 is 14.6 Å². The van der Waals surface area contributed by atoms with Gasteiger partial charge >= 0.3 is 5.97 Å². The van der Waals surface area contributed by atoms with Crippen molar-refractivity contribution in [2.24, 2.45) is 0 Å². The van der Waals surface area contributed by atoms with Gasteiger partial charge in [-0.15, -0.1) is 0 Å². The molecule has 0 amide bonds. The van der Waals surface area contributed by atoms with Crippen LogP contribution >= 0.6 is 11.6 Å². The third kappa shape index (κ3) is 6.50. The third-order valence-electron chi connectivity index (χ3n) is 5.06. The molecule has 0 radical (unpaired) electrons. The first kappa shape index (κ1) is 22.7. The van der Waals surface area contributed by atoms with Gasteiger partial charge in [-0.2, -0.15) is 0 Å². The maximum absolute atomic E-state index is 10.7. The number of unbranched alkanes of at least 4 members (excludes halogenated alkanes) is 1. The summed E-state index contributed by atoms with van der Waals surface area (Å²) in [5, 5.41) is 9.52. The quantitative estimate of drug-likeness (QED) is 0.367. The molecule has 0 bridgehead atoms. The summed E-state index contributed by atoms with van der Waals surface area (Å²) in [6.45, 7) is 3.69. The lowest BCUT2D eigenvalue weighted by molar-refractivity contribution is -0.139. The maximum Gasteiger partial charge on any atom is 0.341 e. The SMILES string of the molecule is CCCCC(Oc1ccc(OCC(=O)O)c(C)c1)c1ccc(-c2ccc(Cl)cc2)cc1. The van der Waals surface area contributed by atoms with Crippen LogP contribution in [0.5, 0.6) is 11.5 Å². The van der Waals surface area contributed by atoms with E-state index >= 15 is 0 Å². The van der Waals surface area contributed by atoms with Crippen LogP contribution in [-0.4, -0.2) is 17.7 Å². The molecule has 0 aliphatic carbocycles. The van der Waals surface area contributed by atoms with Gasteiger partial charge in [-0.25, -0.2) is 4.79 Å². The Kier molecular flexibility index (Phi) is 7.96. The molecule has 0 fully saturated rings. The summed E-state index contributed by atoms with van der Waals surface area (Å²) in [7, 11) is 0. The standard InChI is InChI=1S/C26H27ClO4/c1-3-4-5-25(31-23-14-15-24(18(2)16-23)30-17-26(28)29)21-8-6-19(7-9-21)20-10-12-22(27)13-11-20/h6-16,25H,3-5,17H2,1-2H3,(H,28,29). The van der Waals surface area contributed by atoms with Crippen LogP contribution in [-0.2, 0) is 4.79 Å². The monoisotopic (exact) mass is 438 g/mol. The number of carbonyl (C=O) groups is 1. The van der Waals surface area contributed by atoms with Crippen LogP contribution < -0.4 is 9.47 Å². The molecule has 0 aromatic heterocycles. The molecule has 31 heavy (non-hydrogen) atoms. The van der Waals surface area contributed by atoms with Crippen LogP contribution in [0.1, 0.15) is 43.4 Å². The van der Waals surface area contributed by atoms with E-state index in [-0.39, 0.29) is 12.7 Å². The van der Waals surface area contributed by atoms with E-state index in [0.29, 0.717) is 5.75 Å². The molecule has 0 saturated heterocycles. The minimum absolute atomic E-state index is 0.0654. The Morgan fingerprint density at radius 3 is 2.23 bits per heavy atom. The molecule has 3 aromatic rings. The Hall–Kier alpha value is -2.98. The first-order valence-corrected chi connectivity index (χ1v) is 10.8. The molecular weight excluding hydrogens is 412 g/mol. The van der Waals surface area contributed by atoms with E-state index in [1.165, 1.54) is 0 Å². The molecule has 162 valence electrons. The van der Waals surface area contributed by atoms with Gasteiger partial charge in [-0.05, 0) is 72.4 Å². The highest BCUT2D eigenvalue weighted by Crippen LogP contribution is 2.31.